The molecular weight excluding hydrogens is 328 g/mol. The zero-order valence-electron chi connectivity index (χ0n) is 14.7. The number of hydrogen-bond acceptors (Lipinski definition) is 3. The summed E-state index contributed by atoms with van der Waals surface area (Å²) >= 11 is 0. The maximum atomic E-state index is 12.2. The van der Waals surface area contributed by atoms with Crippen LogP contribution in [0, 0.1) is 0 Å². The van der Waals surface area contributed by atoms with E-state index >= 15 is 0 Å². The first-order valence-corrected chi connectivity index (χ1v) is 9.06. The average Bonchev–Trinajstić information content (AvgIpc) is 3.16. The van der Waals surface area contributed by atoms with Crippen LogP contribution in [0.2, 0.25) is 0 Å². The molecule has 1 aromatic carbocycles. The number of aromatic nitrogens is 1. The minimum Gasteiger partial charge on any atom is -0.349 e. The molecule has 136 valence electrons. The van der Waals surface area contributed by atoms with Crippen molar-refractivity contribution in [3.05, 3.63) is 59.9 Å². The van der Waals surface area contributed by atoms with Gasteiger partial charge >= 0.3 is 6.03 Å². The highest BCUT2D eigenvalue weighted by Gasteiger charge is 2.17. The summed E-state index contributed by atoms with van der Waals surface area (Å²) in [5.74, 6) is -0.0525. The Bertz CT molecular complexity index is 725. The third kappa shape index (κ3) is 5.31. The van der Waals surface area contributed by atoms with Crippen LogP contribution in [0.1, 0.15) is 41.7 Å². The highest BCUT2D eigenvalue weighted by Crippen LogP contribution is 2.18. The zero-order chi connectivity index (χ0) is 18.2. The first-order chi connectivity index (χ1) is 12.7. The van der Waals surface area contributed by atoms with E-state index in [0.29, 0.717) is 30.3 Å². The Morgan fingerprint density at radius 1 is 1.04 bits per heavy atom. The number of rotatable bonds is 6. The predicted octanol–water partition coefficient (Wildman–Crippen LogP) is 3.12. The van der Waals surface area contributed by atoms with Crippen molar-refractivity contribution >= 4 is 17.6 Å². The number of pyridine rings is 1. The van der Waals surface area contributed by atoms with Crippen LogP contribution < -0.4 is 16.0 Å². The van der Waals surface area contributed by atoms with Crippen molar-refractivity contribution in [1.82, 2.24) is 15.6 Å². The van der Waals surface area contributed by atoms with Gasteiger partial charge in [-0.15, -0.1) is 0 Å². The molecular formula is C20H24N4O2. The smallest absolute Gasteiger partial charge is 0.319 e. The van der Waals surface area contributed by atoms with E-state index in [2.05, 4.69) is 20.9 Å². The fourth-order valence-electron chi connectivity index (χ4n) is 3.07. The summed E-state index contributed by atoms with van der Waals surface area (Å²) in [7, 11) is 0. The number of benzene rings is 1. The van der Waals surface area contributed by atoms with Gasteiger partial charge in [0.05, 0.1) is 0 Å². The van der Waals surface area contributed by atoms with Crippen LogP contribution in [0.4, 0.5) is 10.5 Å². The van der Waals surface area contributed by atoms with Gasteiger partial charge in [0.1, 0.15) is 0 Å². The Balaban J connectivity index is 1.43. The number of nitrogens with one attached hydrogen (secondary N) is 3. The highest BCUT2D eigenvalue weighted by molar-refractivity contribution is 5.95. The van der Waals surface area contributed by atoms with Gasteiger partial charge in [0.2, 0.25) is 0 Å². The summed E-state index contributed by atoms with van der Waals surface area (Å²) in [6, 6.07) is 12.7. The van der Waals surface area contributed by atoms with E-state index in [1.54, 1.807) is 30.5 Å². The van der Waals surface area contributed by atoms with E-state index in [1.165, 1.54) is 12.8 Å². The van der Waals surface area contributed by atoms with Crippen molar-refractivity contribution < 1.29 is 9.59 Å². The molecule has 0 radical (unpaired) electrons. The Kier molecular flexibility index (Phi) is 6.19. The summed E-state index contributed by atoms with van der Waals surface area (Å²) < 4.78 is 0. The predicted molar refractivity (Wildman–Crippen MR) is 101 cm³/mol. The summed E-state index contributed by atoms with van der Waals surface area (Å²) in [6.45, 7) is 0.505. The van der Waals surface area contributed by atoms with E-state index in [4.69, 9.17) is 0 Å². The molecule has 1 aliphatic carbocycles. The van der Waals surface area contributed by atoms with Crippen LogP contribution in [0.25, 0.3) is 0 Å². The summed E-state index contributed by atoms with van der Waals surface area (Å²) in [4.78, 5) is 28.3. The zero-order valence-corrected chi connectivity index (χ0v) is 14.7. The lowest BCUT2D eigenvalue weighted by Crippen LogP contribution is -2.32. The molecule has 6 nitrogen and oxygen atoms in total. The van der Waals surface area contributed by atoms with E-state index in [1.807, 2.05) is 18.2 Å². The topological polar surface area (TPSA) is 83.1 Å². The molecule has 0 saturated heterocycles. The van der Waals surface area contributed by atoms with E-state index in [0.717, 1.165) is 18.5 Å². The number of carbonyl (C=O) groups excluding carboxylic acids is 2. The maximum absolute atomic E-state index is 12.2. The van der Waals surface area contributed by atoms with Crippen LogP contribution >= 0.6 is 0 Å². The molecule has 0 atom stereocenters. The lowest BCUT2D eigenvalue weighted by Gasteiger charge is -2.12. The van der Waals surface area contributed by atoms with Gasteiger partial charge in [-0.3, -0.25) is 9.78 Å². The molecule has 3 N–H and O–H groups in total. The minimum absolute atomic E-state index is 0.0525. The van der Waals surface area contributed by atoms with Gasteiger partial charge in [-0.1, -0.05) is 18.9 Å². The third-order valence-electron chi connectivity index (χ3n) is 4.49. The van der Waals surface area contributed by atoms with Crippen molar-refractivity contribution in [2.75, 3.05) is 11.9 Å². The molecule has 1 saturated carbocycles. The number of hydrogen-bond donors (Lipinski definition) is 3. The Morgan fingerprint density at radius 2 is 1.81 bits per heavy atom. The second-order valence-corrected chi connectivity index (χ2v) is 6.48. The largest absolute Gasteiger partial charge is 0.349 e. The van der Waals surface area contributed by atoms with Crippen molar-refractivity contribution in [3.8, 4) is 0 Å². The van der Waals surface area contributed by atoms with Gasteiger partial charge < -0.3 is 16.0 Å². The van der Waals surface area contributed by atoms with Gasteiger partial charge in [-0.25, -0.2) is 4.79 Å². The van der Waals surface area contributed by atoms with Crippen molar-refractivity contribution in [2.45, 2.75) is 38.1 Å². The first-order valence-electron chi connectivity index (χ1n) is 9.06. The van der Waals surface area contributed by atoms with E-state index in [9.17, 15) is 9.59 Å². The number of anilines is 1. The molecule has 1 heterocycles. The third-order valence-corrected chi connectivity index (χ3v) is 4.49. The average molecular weight is 352 g/mol. The number of nitrogens with zero attached hydrogens (tertiary/aromatic N) is 1. The normalized spacial score (nSPS) is 14.0. The van der Waals surface area contributed by atoms with E-state index < -0.39 is 0 Å². The van der Waals surface area contributed by atoms with Crippen LogP contribution in [-0.4, -0.2) is 29.5 Å². The van der Waals surface area contributed by atoms with Crippen LogP contribution in [-0.2, 0) is 6.42 Å². The summed E-state index contributed by atoms with van der Waals surface area (Å²) in [6.07, 6.45) is 6.90. The Morgan fingerprint density at radius 3 is 2.50 bits per heavy atom. The fourth-order valence-corrected chi connectivity index (χ4v) is 3.07. The van der Waals surface area contributed by atoms with Gasteiger partial charge in [-0.2, -0.15) is 0 Å². The molecule has 3 rings (SSSR count). The monoisotopic (exact) mass is 352 g/mol. The number of amides is 3. The molecule has 1 aromatic heterocycles. The van der Waals surface area contributed by atoms with Crippen LogP contribution in [0.5, 0.6) is 0 Å². The molecule has 1 fully saturated rings. The fraction of sp³-hybridized carbons (Fsp3) is 0.350. The van der Waals surface area contributed by atoms with Crippen molar-refractivity contribution in [1.29, 1.82) is 0 Å². The number of carbonyl (C=O) groups is 2. The molecule has 0 aliphatic heterocycles. The molecule has 1 aliphatic rings. The minimum atomic E-state index is -0.274. The second kappa shape index (κ2) is 8.99. The van der Waals surface area contributed by atoms with Crippen molar-refractivity contribution in [3.63, 3.8) is 0 Å². The molecule has 6 heteroatoms. The van der Waals surface area contributed by atoms with Gasteiger partial charge in [-0.05, 0) is 49.2 Å². The quantitative estimate of drug-likeness (QED) is 0.747. The Labute approximate surface area is 153 Å². The molecule has 3 amide bonds. The lowest BCUT2D eigenvalue weighted by atomic mass is 10.1. The molecule has 0 unspecified atom stereocenters. The second-order valence-electron chi connectivity index (χ2n) is 6.48. The lowest BCUT2D eigenvalue weighted by molar-refractivity contribution is 0.0938. The number of urea groups is 1. The molecule has 0 spiro atoms. The standard InChI is InChI=1S/C20H24N4O2/c25-19(23-17-6-1-2-7-17)15-8-10-18(11-9-15)24-20(26)22-14-12-16-5-3-4-13-21-16/h3-5,8-11,13,17H,1-2,6-7,12,14H2,(H,23,25)(H2,22,24,26). The molecule has 0 bridgehead atoms. The van der Waals surface area contributed by atoms with Crippen molar-refractivity contribution in [2.24, 2.45) is 0 Å². The summed E-state index contributed by atoms with van der Waals surface area (Å²) in [5.41, 5.74) is 2.20. The van der Waals surface area contributed by atoms with Crippen LogP contribution in [0.15, 0.2) is 48.7 Å². The van der Waals surface area contributed by atoms with Gasteiger partial charge in [0, 0.05) is 42.1 Å². The van der Waals surface area contributed by atoms with E-state index in [-0.39, 0.29) is 11.9 Å². The first kappa shape index (κ1) is 17.9. The van der Waals surface area contributed by atoms with Gasteiger partial charge in [0.25, 0.3) is 5.91 Å². The van der Waals surface area contributed by atoms with Crippen LogP contribution in [0.3, 0.4) is 0 Å². The highest BCUT2D eigenvalue weighted by atomic mass is 16.2. The summed E-state index contributed by atoms with van der Waals surface area (Å²) in [5, 5.41) is 8.62. The maximum Gasteiger partial charge on any atom is 0.319 e. The molecule has 26 heavy (non-hydrogen) atoms. The molecule has 2 aromatic rings. The SMILES string of the molecule is O=C(NCCc1ccccn1)Nc1ccc(C(=O)NC2CCCC2)cc1. The Hall–Kier alpha value is -2.89. The van der Waals surface area contributed by atoms with Gasteiger partial charge in [0.15, 0.2) is 0 Å².